The van der Waals surface area contributed by atoms with Crippen LogP contribution in [0.15, 0.2) is 72.4 Å². The van der Waals surface area contributed by atoms with E-state index in [4.69, 9.17) is 4.74 Å². The third kappa shape index (κ3) is 5.76. The van der Waals surface area contributed by atoms with E-state index in [1.807, 2.05) is 0 Å². The SMILES string of the molecule is O=C(NCc1ccncc1)c1csc(-c2ccc(OCc3cccc(C(F)(F)F)c3)cc2F)n1. The van der Waals surface area contributed by atoms with Gasteiger partial charge in [0, 0.05) is 35.9 Å². The topological polar surface area (TPSA) is 64.1 Å². The van der Waals surface area contributed by atoms with Gasteiger partial charge in [-0.2, -0.15) is 13.2 Å². The van der Waals surface area contributed by atoms with Crippen LogP contribution < -0.4 is 10.1 Å². The number of thiazole rings is 1. The average Bonchev–Trinajstić information content (AvgIpc) is 3.32. The monoisotopic (exact) mass is 487 g/mol. The zero-order valence-electron chi connectivity index (χ0n) is 17.5. The van der Waals surface area contributed by atoms with Gasteiger partial charge < -0.3 is 10.1 Å². The molecule has 0 spiro atoms. The van der Waals surface area contributed by atoms with Gasteiger partial charge in [0.15, 0.2) is 0 Å². The number of benzene rings is 2. The highest BCUT2D eigenvalue weighted by Gasteiger charge is 2.30. The third-order valence-electron chi connectivity index (χ3n) is 4.77. The molecule has 0 bridgehead atoms. The molecule has 0 saturated carbocycles. The Kier molecular flexibility index (Phi) is 6.87. The highest BCUT2D eigenvalue weighted by Crippen LogP contribution is 2.31. The number of aromatic nitrogens is 2. The molecule has 4 rings (SSSR count). The molecule has 2 heterocycles. The van der Waals surface area contributed by atoms with E-state index in [2.05, 4.69) is 15.3 Å². The van der Waals surface area contributed by atoms with E-state index in [1.165, 1.54) is 29.6 Å². The first-order valence-corrected chi connectivity index (χ1v) is 10.9. The van der Waals surface area contributed by atoms with Crippen molar-refractivity contribution >= 4 is 17.2 Å². The van der Waals surface area contributed by atoms with Crippen molar-refractivity contribution in [3.8, 4) is 16.3 Å². The van der Waals surface area contributed by atoms with Crippen LogP contribution in [0.1, 0.15) is 27.2 Å². The average molecular weight is 487 g/mol. The molecule has 0 unspecified atom stereocenters. The number of alkyl halides is 3. The van der Waals surface area contributed by atoms with Gasteiger partial charge in [-0.1, -0.05) is 12.1 Å². The second-order valence-corrected chi connectivity index (χ2v) is 8.06. The molecule has 0 aliphatic carbocycles. The lowest BCUT2D eigenvalue weighted by Gasteiger charge is -2.10. The van der Waals surface area contributed by atoms with Crippen molar-refractivity contribution in [1.82, 2.24) is 15.3 Å². The van der Waals surface area contributed by atoms with E-state index in [-0.39, 0.29) is 29.5 Å². The van der Waals surface area contributed by atoms with Gasteiger partial charge in [-0.15, -0.1) is 11.3 Å². The fourth-order valence-electron chi connectivity index (χ4n) is 3.04. The Balaban J connectivity index is 1.40. The van der Waals surface area contributed by atoms with Gasteiger partial charge in [0.25, 0.3) is 5.91 Å². The van der Waals surface area contributed by atoms with Crippen LogP contribution in [0, 0.1) is 5.82 Å². The minimum atomic E-state index is -4.45. The normalized spacial score (nSPS) is 11.3. The predicted octanol–water partition coefficient (Wildman–Crippen LogP) is 5.87. The highest BCUT2D eigenvalue weighted by atomic mass is 32.1. The number of amides is 1. The summed E-state index contributed by atoms with van der Waals surface area (Å²) in [6, 6.07) is 12.4. The summed E-state index contributed by atoms with van der Waals surface area (Å²) in [6.45, 7) is 0.155. The molecule has 0 saturated heterocycles. The lowest BCUT2D eigenvalue weighted by atomic mass is 10.1. The van der Waals surface area contributed by atoms with E-state index in [1.54, 1.807) is 24.5 Å². The molecule has 4 aromatic rings. The van der Waals surface area contributed by atoms with E-state index in [9.17, 15) is 22.4 Å². The minimum Gasteiger partial charge on any atom is -0.489 e. The number of nitrogens with zero attached hydrogens (tertiary/aromatic N) is 2. The van der Waals surface area contributed by atoms with Crippen LogP contribution in [0.25, 0.3) is 10.6 Å². The second-order valence-electron chi connectivity index (χ2n) is 7.20. The maximum absolute atomic E-state index is 14.7. The summed E-state index contributed by atoms with van der Waals surface area (Å²) in [6.07, 6.45) is -1.21. The van der Waals surface area contributed by atoms with Crippen molar-refractivity contribution in [2.24, 2.45) is 0 Å². The molecule has 174 valence electrons. The summed E-state index contributed by atoms with van der Waals surface area (Å²) < 4.78 is 58.7. The number of rotatable bonds is 7. The number of halogens is 4. The summed E-state index contributed by atoms with van der Waals surface area (Å²) in [4.78, 5) is 20.5. The lowest BCUT2D eigenvalue weighted by Crippen LogP contribution is -2.23. The maximum Gasteiger partial charge on any atom is 0.416 e. The summed E-state index contributed by atoms with van der Waals surface area (Å²) in [7, 11) is 0. The van der Waals surface area contributed by atoms with Crippen LogP contribution in [-0.4, -0.2) is 15.9 Å². The Labute approximate surface area is 196 Å². The van der Waals surface area contributed by atoms with Crippen LogP contribution in [0.2, 0.25) is 0 Å². The quantitative estimate of drug-likeness (QED) is 0.331. The minimum absolute atomic E-state index is 0.151. The van der Waals surface area contributed by atoms with Crippen molar-refractivity contribution < 1.29 is 27.1 Å². The molecule has 5 nitrogen and oxygen atoms in total. The van der Waals surface area contributed by atoms with Gasteiger partial charge in [-0.05, 0) is 47.5 Å². The Hall–Kier alpha value is -3.79. The van der Waals surface area contributed by atoms with Crippen LogP contribution in [0.5, 0.6) is 5.75 Å². The van der Waals surface area contributed by atoms with E-state index in [0.717, 1.165) is 35.1 Å². The number of carbonyl (C=O) groups excluding carboxylic acids is 1. The van der Waals surface area contributed by atoms with Gasteiger partial charge in [-0.25, -0.2) is 9.37 Å². The molecule has 0 fully saturated rings. The molecule has 10 heteroatoms. The molecule has 1 amide bonds. The van der Waals surface area contributed by atoms with E-state index < -0.39 is 17.6 Å². The van der Waals surface area contributed by atoms with Crippen molar-refractivity contribution in [2.45, 2.75) is 19.3 Å². The zero-order chi connectivity index (χ0) is 24.1. The molecular formula is C24H17F4N3O2S. The summed E-state index contributed by atoms with van der Waals surface area (Å²) in [5, 5.41) is 4.59. The first-order chi connectivity index (χ1) is 16.3. The first kappa shape index (κ1) is 23.4. The van der Waals surface area contributed by atoms with Crippen molar-refractivity contribution in [3.63, 3.8) is 0 Å². The first-order valence-electron chi connectivity index (χ1n) is 10.0. The Morgan fingerprint density at radius 1 is 1.03 bits per heavy atom. The third-order valence-corrected chi connectivity index (χ3v) is 5.65. The van der Waals surface area contributed by atoms with Crippen LogP contribution in [0.3, 0.4) is 0 Å². The molecule has 1 N–H and O–H groups in total. The summed E-state index contributed by atoms with van der Waals surface area (Å²) >= 11 is 1.12. The maximum atomic E-state index is 14.7. The Morgan fingerprint density at radius 3 is 2.56 bits per heavy atom. The largest absolute Gasteiger partial charge is 0.489 e. The van der Waals surface area contributed by atoms with Crippen molar-refractivity contribution in [1.29, 1.82) is 0 Å². The molecule has 0 atom stereocenters. The molecular weight excluding hydrogens is 470 g/mol. The molecule has 34 heavy (non-hydrogen) atoms. The Morgan fingerprint density at radius 2 is 1.82 bits per heavy atom. The number of nitrogens with one attached hydrogen (secondary N) is 1. The number of ether oxygens (including phenoxy) is 1. The predicted molar refractivity (Wildman–Crippen MR) is 119 cm³/mol. The van der Waals surface area contributed by atoms with Crippen LogP contribution in [-0.2, 0) is 19.3 Å². The number of hydrogen-bond donors (Lipinski definition) is 1. The fourth-order valence-corrected chi connectivity index (χ4v) is 3.87. The zero-order valence-corrected chi connectivity index (χ0v) is 18.3. The van der Waals surface area contributed by atoms with Gasteiger partial charge in [0.2, 0.25) is 0 Å². The molecule has 0 aliphatic rings. The molecule has 0 aliphatic heterocycles. The lowest BCUT2D eigenvalue weighted by molar-refractivity contribution is -0.137. The summed E-state index contributed by atoms with van der Waals surface area (Å²) in [5.74, 6) is -0.856. The van der Waals surface area contributed by atoms with E-state index >= 15 is 0 Å². The fraction of sp³-hybridized carbons (Fsp3) is 0.125. The highest BCUT2D eigenvalue weighted by molar-refractivity contribution is 7.13. The standard InChI is InChI=1S/C24H17F4N3O2S/c25-20-11-18(33-13-16-2-1-3-17(10-16)24(26,27)28)4-5-19(20)23-31-21(14-34-23)22(32)30-12-15-6-8-29-9-7-15/h1-11,14H,12-13H2,(H,30,32). The molecule has 0 radical (unpaired) electrons. The van der Waals surface area contributed by atoms with Gasteiger partial charge in [0.1, 0.15) is 28.9 Å². The van der Waals surface area contributed by atoms with Gasteiger partial charge in [0.05, 0.1) is 5.56 Å². The van der Waals surface area contributed by atoms with Crippen LogP contribution >= 0.6 is 11.3 Å². The number of pyridine rings is 1. The summed E-state index contributed by atoms with van der Waals surface area (Å²) in [5.41, 5.74) is 0.759. The van der Waals surface area contributed by atoms with Crippen LogP contribution in [0.4, 0.5) is 17.6 Å². The van der Waals surface area contributed by atoms with E-state index in [0.29, 0.717) is 17.1 Å². The van der Waals surface area contributed by atoms with Crippen molar-refractivity contribution in [3.05, 3.63) is 101 Å². The number of hydrogen-bond acceptors (Lipinski definition) is 5. The smallest absolute Gasteiger partial charge is 0.416 e. The molecule has 2 aromatic carbocycles. The van der Waals surface area contributed by atoms with Gasteiger partial charge in [-0.3, -0.25) is 9.78 Å². The van der Waals surface area contributed by atoms with Gasteiger partial charge >= 0.3 is 6.18 Å². The molecule has 2 aromatic heterocycles. The van der Waals surface area contributed by atoms with Crippen molar-refractivity contribution in [2.75, 3.05) is 0 Å². The Bertz CT molecular complexity index is 1290. The second kappa shape index (κ2) is 10.0. The number of carbonyl (C=O) groups is 1.